The van der Waals surface area contributed by atoms with Gasteiger partial charge < -0.3 is 9.73 Å². The Kier molecular flexibility index (Phi) is 4.73. The van der Waals surface area contributed by atoms with Gasteiger partial charge in [-0.05, 0) is 36.5 Å². The van der Waals surface area contributed by atoms with E-state index in [4.69, 9.17) is 9.56 Å². The summed E-state index contributed by atoms with van der Waals surface area (Å²) in [6.45, 7) is 0. The van der Waals surface area contributed by atoms with E-state index in [0.717, 1.165) is 31.2 Å². The number of nitrogens with two attached hydrogens (primary N) is 1. The van der Waals surface area contributed by atoms with Gasteiger partial charge >= 0.3 is 0 Å². The standard InChI is InChI=1S/C17H20N2O4S/c18-24(21,22)15-11-10-14(23-15)17(20)19-16(13-8-4-5-9-13)12-6-2-1-3-7-12/h1-3,6-7,10-11,13,16H,4-5,8-9H2,(H,19,20)(H2,18,21,22)/t16-/m0/s1. The summed E-state index contributed by atoms with van der Waals surface area (Å²) in [5.41, 5.74) is 1.04. The van der Waals surface area contributed by atoms with Crippen LogP contribution in [0.2, 0.25) is 0 Å². The zero-order valence-corrected chi connectivity index (χ0v) is 14.0. The van der Waals surface area contributed by atoms with Gasteiger partial charge in [-0.1, -0.05) is 43.2 Å². The molecule has 0 aliphatic heterocycles. The fraction of sp³-hybridized carbons (Fsp3) is 0.353. The minimum atomic E-state index is -3.96. The lowest BCUT2D eigenvalue weighted by Gasteiger charge is -2.24. The number of carbonyl (C=O) groups is 1. The summed E-state index contributed by atoms with van der Waals surface area (Å²) in [6, 6.07) is 12.2. The van der Waals surface area contributed by atoms with Crippen molar-refractivity contribution in [3.8, 4) is 0 Å². The van der Waals surface area contributed by atoms with Gasteiger partial charge in [-0.3, -0.25) is 4.79 Å². The number of carbonyl (C=O) groups excluding carboxylic acids is 1. The predicted molar refractivity (Wildman–Crippen MR) is 88.7 cm³/mol. The quantitative estimate of drug-likeness (QED) is 0.867. The van der Waals surface area contributed by atoms with E-state index in [9.17, 15) is 13.2 Å². The Bertz CT molecular complexity index is 808. The Hall–Kier alpha value is -2.12. The molecule has 0 saturated heterocycles. The van der Waals surface area contributed by atoms with Crippen molar-refractivity contribution < 1.29 is 17.6 Å². The molecule has 1 aromatic carbocycles. The summed E-state index contributed by atoms with van der Waals surface area (Å²) < 4.78 is 27.6. The van der Waals surface area contributed by atoms with Crippen molar-refractivity contribution in [1.29, 1.82) is 0 Å². The highest BCUT2D eigenvalue weighted by Gasteiger charge is 2.29. The van der Waals surface area contributed by atoms with Crippen LogP contribution >= 0.6 is 0 Å². The maximum atomic E-state index is 12.5. The first-order chi connectivity index (χ1) is 11.4. The van der Waals surface area contributed by atoms with E-state index in [2.05, 4.69) is 5.32 Å². The molecule has 24 heavy (non-hydrogen) atoms. The van der Waals surface area contributed by atoms with Gasteiger partial charge in [0.2, 0.25) is 5.09 Å². The second kappa shape index (κ2) is 6.78. The van der Waals surface area contributed by atoms with Crippen LogP contribution in [0.3, 0.4) is 0 Å². The molecule has 0 bridgehead atoms. The van der Waals surface area contributed by atoms with E-state index >= 15 is 0 Å². The zero-order chi connectivity index (χ0) is 17.2. The van der Waals surface area contributed by atoms with Crippen molar-refractivity contribution >= 4 is 15.9 Å². The third-order valence-electron chi connectivity index (χ3n) is 4.40. The van der Waals surface area contributed by atoms with Gasteiger partial charge in [0.25, 0.3) is 15.9 Å². The molecule has 7 heteroatoms. The van der Waals surface area contributed by atoms with Crippen molar-refractivity contribution in [3.63, 3.8) is 0 Å². The Morgan fingerprint density at radius 1 is 1.12 bits per heavy atom. The van der Waals surface area contributed by atoms with E-state index in [1.165, 1.54) is 12.1 Å². The van der Waals surface area contributed by atoms with Crippen molar-refractivity contribution in [2.24, 2.45) is 11.1 Å². The molecule has 0 radical (unpaired) electrons. The van der Waals surface area contributed by atoms with Crippen LogP contribution in [0, 0.1) is 5.92 Å². The van der Waals surface area contributed by atoms with Crippen molar-refractivity contribution in [1.82, 2.24) is 5.32 Å². The van der Waals surface area contributed by atoms with Crippen LogP contribution in [-0.2, 0) is 10.0 Å². The molecule has 1 saturated carbocycles. The molecule has 3 rings (SSSR count). The molecule has 3 N–H and O–H groups in total. The second-order valence-corrected chi connectivity index (χ2v) is 7.56. The lowest BCUT2D eigenvalue weighted by atomic mass is 9.91. The number of amides is 1. The maximum Gasteiger partial charge on any atom is 0.287 e. The molecule has 1 fully saturated rings. The molecular weight excluding hydrogens is 328 g/mol. The summed E-state index contributed by atoms with van der Waals surface area (Å²) in [6.07, 6.45) is 4.42. The van der Waals surface area contributed by atoms with Gasteiger partial charge in [0.1, 0.15) is 0 Å². The molecule has 1 aliphatic rings. The van der Waals surface area contributed by atoms with Gasteiger partial charge in [0.05, 0.1) is 6.04 Å². The number of nitrogens with one attached hydrogen (secondary N) is 1. The number of furan rings is 1. The molecule has 1 heterocycles. The molecular formula is C17H20N2O4S. The second-order valence-electron chi connectivity index (χ2n) is 6.07. The van der Waals surface area contributed by atoms with Gasteiger partial charge in [-0.2, -0.15) is 0 Å². The van der Waals surface area contributed by atoms with Crippen LogP contribution in [0.15, 0.2) is 52.0 Å². The van der Waals surface area contributed by atoms with E-state index in [-0.39, 0.29) is 11.8 Å². The van der Waals surface area contributed by atoms with Crippen LogP contribution in [-0.4, -0.2) is 14.3 Å². The van der Waals surface area contributed by atoms with E-state index in [1.54, 1.807) is 0 Å². The highest BCUT2D eigenvalue weighted by atomic mass is 32.2. The highest BCUT2D eigenvalue weighted by Crippen LogP contribution is 2.35. The largest absolute Gasteiger partial charge is 0.438 e. The highest BCUT2D eigenvalue weighted by molar-refractivity contribution is 7.89. The number of sulfonamides is 1. The Labute approximate surface area is 141 Å². The smallest absolute Gasteiger partial charge is 0.287 e. The van der Waals surface area contributed by atoms with E-state index in [1.807, 2.05) is 30.3 Å². The van der Waals surface area contributed by atoms with Crippen LogP contribution in [0.25, 0.3) is 0 Å². The SMILES string of the molecule is NS(=O)(=O)c1ccc(C(=O)N[C@@H](c2ccccc2)C2CCCC2)o1. The number of benzene rings is 1. The minimum Gasteiger partial charge on any atom is -0.438 e. The topological polar surface area (TPSA) is 102 Å². The van der Waals surface area contributed by atoms with Crippen molar-refractivity contribution in [3.05, 3.63) is 53.8 Å². The lowest BCUT2D eigenvalue weighted by Crippen LogP contribution is -2.32. The Morgan fingerprint density at radius 2 is 1.79 bits per heavy atom. The normalized spacial score (nSPS) is 16.9. The first-order valence-corrected chi connectivity index (χ1v) is 9.48. The fourth-order valence-electron chi connectivity index (χ4n) is 3.23. The van der Waals surface area contributed by atoms with E-state index < -0.39 is 21.0 Å². The van der Waals surface area contributed by atoms with Gasteiger partial charge in [-0.15, -0.1) is 0 Å². The van der Waals surface area contributed by atoms with Crippen molar-refractivity contribution in [2.75, 3.05) is 0 Å². The molecule has 1 amide bonds. The zero-order valence-electron chi connectivity index (χ0n) is 13.1. The molecule has 1 aliphatic carbocycles. The van der Waals surface area contributed by atoms with Gasteiger partial charge in [0.15, 0.2) is 5.76 Å². The number of hydrogen-bond donors (Lipinski definition) is 2. The number of hydrogen-bond acceptors (Lipinski definition) is 4. The van der Waals surface area contributed by atoms with Crippen LogP contribution in [0.5, 0.6) is 0 Å². The summed E-state index contributed by atoms with van der Waals surface area (Å²) in [5, 5.41) is 7.58. The molecule has 128 valence electrons. The molecule has 0 unspecified atom stereocenters. The predicted octanol–water partition coefficient (Wildman–Crippen LogP) is 2.59. The third-order valence-corrected chi connectivity index (χ3v) is 5.18. The first-order valence-electron chi connectivity index (χ1n) is 7.93. The average molecular weight is 348 g/mol. The summed E-state index contributed by atoms with van der Waals surface area (Å²) in [7, 11) is -3.96. The Morgan fingerprint density at radius 3 is 2.38 bits per heavy atom. The van der Waals surface area contributed by atoms with Gasteiger partial charge in [-0.25, -0.2) is 13.6 Å². The van der Waals surface area contributed by atoms with Gasteiger partial charge in [0, 0.05) is 0 Å². The van der Waals surface area contributed by atoms with E-state index in [0.29, 0.717) is 5.92 Å². The van der Waals surface area contributed by atoms with Crippen molar-refractivity contribution in [2.45, 2.75) is 36.8 Å². The lowest BCUT2D eigenvalue weighted by molar-refractivity contribution is 0.0888. The third kappa shape index (κ3) is 3.68. The van der Waals surface area contributed by atoms with Crippen LogP contribution in [0.4, 0.5) is 0 Å². The average Bonchev–Trinajstić information content (AvgIpc) is 3.24. The summed E-state index contributed by atoms with van der Waals surface area (Å²) >= 11 is 0. The molecule has 2 aromatic rings. The molecule has 1 atom stereocenters. The monoisotopic (exact) mass is 348 g/mol. The number of rotatable bonds is 5. The molecule has 1 aromatic heterocycles. The molecule has 0 spiro atoms. The summed E-state index contributed by atoms with van der Waals surface area (Å²) in [4.78, 5) is 12.5. The first kappa shape index (κ1) is 16.7. The summed E-state index contributed by atoms with van der Waals surface area (Å²) in [5.74, 6) is -0.132. The Balaban J connectivity index is 1.82. The maximum absolute atomic E-state index is 12.5. The molecule has 6 nitrogen and oxygen atoms in total. The van der Waals surface area contributed by atoms with Crippen LogP contribution < -0.4 is 10.5 Å². The minimum absolute atomic E-state index is 0.0575. The van der Waals surface area contributed by atoms with Crippen LogP contribution in [0.1, 0.15) is 47.8 Å². The fourth-order valence-corrected chi connectivity index (χ4v) is 3.70. The number of primary sulfonamides is 1.